The second-order valence-corrected chi connectivity index (χ2v) is 17.5. The highest BCUT2D eigenvalue weighted by Crippen LogP contribution is 2.35. The van der Waals surface area contributed by atoms with Crippen molar-refractivity contribution < 1.29 is 48.1 Å². The number of rotatable bonds is 25. The van der Waals surface area contributed by atoms with Gasteiger partial charge in [0, 0.05) is 31.7 Å². The summed E-state index contributed by atoms with van der Waals surface area (Å²) in [5, 5.41) is 25.4. The van der Waals surface area contributed by atoms with E-state index in [-0.39, 0.29) is 57.2 Å². The first-order valence-electron chi connectivity index (χ1n) is 21.7. The van der Waals surface area contributed by atoms with Crippen molar-refractivity contribution in [2.24, 2.45) is 5.92 Å². The Labute approximate surface area is 365 Å². The molecule has 0 bridgehead atoms. The number of amides is 6. The van der Waals surface area contributed by atoms with Gasteiger partial charge in [0.05, 0.1) is 6.10 Å². The molecule has 4 atom stereocenters. The largest absolute Gasteiger partial charge is 0.480 e. The topological polar surface area (TPSA) is 230 Å². The van der Waals surface area contributed by atoms with Gasteiger partial charge in [-0.05, 0) is 114 Å². The van der Waals surface area contributed by atoms with E-state index in [1.165, 1.54) is 12.5 Å². The summed E-state index contributed by atoms with van der Waals surface area (Å²) in [5.74, 6) is -4.11. The third-order valence-electron chi connectivity index (χ3n) is 10.1. The maximum atomic E-state index is 13.9. The number of benzene rings is 2. The predicted molar refractivity (Wildman–Crippen MR) is 235 cm³/mol. The number of carbonyl (C=O) groups excluding carboxylic acids is 6. The Morgan fingerprint density at radius 3 is 1.95 bits per heavy atom. The lowest BCUT2D eigenvalue weighted by Crippen LogP contribution is -2.60. The summed E-state index contributed by atoms with van der Waals surface area (Å²) in [6.45, 7) is 14.7. The van der Waals surface area contributed by atoms with Gasteiger partial charge in [-0.2, -0.15) is 0 Å². The predicted octanol–water partition coefficient (Wildman–Crippen LogP) is 4.78. The number of carboxylic acid groups (broad SMARTS) is 1. The Bertz CT molecular complexity index is 1820. The van der Waals surface area contributed by atoms with E-state index < -0.39 is 71.1 Å². The fourth-order valence-corrected chi connectivity index (χ4v) is 6.28. The van der Waals surface area contributed by atoms with Gasteiger partial charge in [-0.25, -0.2) is 9.59 Å². The monoisotopic (exact) mass is 864 g/mol. The molecule has 1 aliphatic rings. The lowest BCUT2D eigenvalue weighted by molar-refractivity contribution is -0.143. The minimum absolute atomic E-state index is 0.0198. The average Bonchev–Trinajstić information content (AvgIpc) is 4.00. The number of ether oxygens (including phenoxy) is 2. The minimum atomic E-state index is -1.36. The molecule has 62 heavy (non-hydrogen) atoms. The molecule has 2 aromatic carbocycles. The van der Waals surface area contributed by atoms with Gasteiger partial charge in [0.25, 0.3) is 5.91 Å². The van der Waals surface area contributed by atoms with Crippen molar-refractivity contribution in [3.05, 3.63) is 59.7 Å². The zero-order chi connectivity index (χ0) is 46.0. The van der Waals surface area contributed by atoms with Crippen molar-refractivity contribution in [1.29, 1.82) is 0 Å². The van der Waals surface area contributed by atoms with Crippen molar-refractivity contribution in [3.8, 4) is 11.1 Å². The zero-order valence-corrected chi connectivity index (χ0v) is 37.6. The highest BCUT2D eigenvalue weighted by atomic mass is 16.6. The summed E-state index contributed by atoms with van der Waals surface area (Å²) in [7, 11) is 0. The second kappa shape index (κ2) is 24.2. The van der Waals surface area contributed by atoms with Crippen LogP contribution in [0.25, 0.3) is 11.1 Å². The minimum Gasteiger partial charge on any atom is -0.480 e. The number of hydrogen-bond acceptors (Lipinski definition) is 9. The molecule has 0 radical (unpaired) electrons. The van der Waals surface area contributed by atoms with Crippen LogP contribution in [0.5, 0.6) is 0 Å². The highest BCUT2D eigenvalue weighted by molar-refractivity contribution is 5.97. The number of carboxylic acids is 1. The Kier molecular flexibility index (Phi) is 19.9. The number of carbonyl (C=O) groups is 7. The van der Waals surface area contributed by atoms with E-state index in [1.807, 2.05) is 26.0 Å². The molecular weight excluding hydrogens is 797 g/mol. The van der Waals surface area contributed by atoms with Crippen molar-refractivity contribution in [3.63, 3.8) is 0 Å². The summed E-state index contributed by atoms with van der Waals surface area (Å²) >= 11 is 0. The fourth-order valence-electron chi connectivity index (χ4n) is 6.28. The number of alkyl carbamates (subject to hydrolysis) is 1. The third-order valence-corrected chi connectivity index (χ3v) is 10.1. The van der Waals surface area contributed by atoms with Crippen LogP contribution >= 0.6 is 0 Å². The maximum absolute atomic E-state index is 13.9. The first-order valence-corrected chi connectivity index (χ1v) is 21.7. The van der Waals surface area contributed by atoms with Gasteiger partial charge >= 0.3 is 12.1 Å². The Morgan fingerprint density at radius 1 is 0.758 bits per heavy atom. The Morgan fingerprint density at radius 2 is 1.39 bits per heavy atom. The van der Waals surface area contributed by atoms with E-state index in [0.29, 0.717) is 18.4 Å². The summed E-state index contributed by atoms with van der Waals surface area (Å²) in [4.78, 5) is 90.5. The molecule has 1 fully saturated rings. The molecule has 16 nitrogen and oxygen atoms in total. The van der Waals surface area contributed by atoms with E-state index in [2.05, 4.69) is 63.1 Å². The Balaban J connectivity index is 1.66. The van der Waals surface area contributed by atoms with Gasteiger partial charge in [0.1, 0.15) is 29.3 Å². The van der Waals surface area contributed by atoms with Crippen LogP contribution in [0.1, 0.15) is 123 Å². The van der Waals surface area contributed by atoms with E-state index in [9.17, 15) is 38.7 Å². The molecule has 4 unspecified atom stereocenters. The van der Waals surface area contributed by atoms with Crippen molar-refractivity contribution >= 4 is 41.6 Å². The maximum Gasteiger partial charge on any atom is 0.407 e. The zero-order valence-electron chi connectivity index (χ0n) is 37.6. The van der Waals surface area contributed by atoms with E-state index in [0.717, 1.165) is 30.4 Å². The summed E-state index contributed by atoms with van der Waals surface area (Å²) in [6.07, 6.45) is 3.16. The normalized spacial score (nSPS) is 14.9. The van der Waals surface area contributed by atoms with Crippen molar-refractivity contribution in [2.45, 2.75) is 149 Å². The number of nitrogens with one attached hydrogen (secondary N) is 6. The van der Waals surface area contributed by atoms with Gasteiger partial charge in [-0.15, -0.1) is 0 Å². The smallest absolute Gasteiger partial charge is 0.407 e. The van der Waals surface area contributed by atoms with Crippen LogP contribution in [-0.2, 0) is 39.9 Å². The van der Waals surface area contributed by atoms with Crippen molar-refractivity contribution in [1.82, 2.24) is 31.9 Å². The molecule has 0 heterocycles. The highest BCUT2D eigenvalue weighted by Gasteiger charge is 2.52. The van der Waals surface area contributed by atoms with Crippen LogP contribution in [0.4, 0.5) is 4.79 Å². The molecule has 3 rings (SSSR count). The van der Waals surface area contributed by atoms with Crippen LogP contribution in [-0.4, -0.2) is 102 Å². The van der Waals surface area contributed by atoms with Crippen LogP contribution in [0.15, 0.2) is 48.5 Å². The van der Waals surface area contributed by atoms with Crippen LogP contribution in [0, 0.1) is 5.92 Å². The number of hydrogen-bond donors (Lipinski definition) is 7. The number of aliphatic carboxylic acids is 1. The van der Waals surface area contributed by atoms with Crippen molar-refractivity contribution in [2.75, 3.05) is 19.7 Å². The first-order chi connectivity index (χ1) is 29.2. The molecule has 0 spiro atoms. The van der Waals surface area contributed by atoms with Crippen LogP contribution in [0.2, 0.25) is 0 Å². The van der Waals surface area contributed by atoms with Gasteiger partial charge in [-0.1, -0.05) is 63.6 Å². The quantitative estimate of drug-likeness (QED) is 0.0676. The summed E-state index contributed by atoms with van der Waals surface area (Å²) in [6, 6.07) is 12.0. The fraction of sp³-hybridized carbons (Fsp3) is 0.587. The van der Waals surface area contributed by atoms with Gasteiger partial charge in [0.15, 0.2) is 0 Å². The number of aryl methyl sites for hydroxylation is 1. The molecule has 6 amide bonds. The number of unbranched alkanes of at least 4 members (excludes halogenated alkanes) is 2. The molecule has 0 aromatic heterocycles. The SMILES string of the molecule is CCCCc1ccc(-c2ccc(C(=O)NCCC(=O)NC(CCCCNC(=O)OC(C)(C)C)C(=O)NC(C(=O)NC(C)C(=O)NC3(C(=O)O)CC3)C(C)OCC(C)C)cc2)cc1. The molecule has 16 heteroatoms. The van der Waals surface area contributed by atoms with Gasteiger partial charge in [0.2, 0.25) is 23.6 Å². The average molecular weight is 865 g/mol. The molecule has 1 aliphatic carbocycles. The summed E-state index contributed by atoms with van der Waals surface area (Å²) < 4.78 is 11.2. The molecule has 7 N–H and O–H groups in total. The van der Waals surface area contributed by atoms with Crippen LogP contribution < -0.4 is 31.9 Å². The van der Waals surface area contributed by atoms with Gasteiger partial charge < -0.3 is 46.5 Å². The Hall–Kier alpha value is -5.51. The lowest BCUT2D eigenvalue weighted by atomic mass is 10.0. The van der Waals surface area contributed by atoms with Crippen LogP contribution in [0.3, 0.4) is 0 Å². The van der Waals surface area contributed by atoms with E-state index in [4.69, 9.17) is 9.47 Å². The third kappa shape index (κ3) is 17.5. The second-order valence-electron chi connectivity index (χ2n) is 17.5. The molecular formula is C46H68N6O10. The molecule has 1 saturated carbocycles. The molecule has 342 valence electrons. The summed E-state index contributed by atoms with van der Waals surface area (Å²) in [5.41, 5.74) is 1.67. The van der Waals surface area contributed by atoms with E-state index >= 15 is 0 Å². The lowest BCUT2D eigenvalue weighted by Gasteiger charge is -2.29. The molecule has 0 saturated heterocycles. The van der Waals surface area contributed by atoms with E-state index in [1.54, 1.807) is 39.8 Å². The van der Waals surface area contributed by atoms with Gasteiger partial charge in [-0.3, -0.25) is 24.0 Å². The molecule has 2 aromatic rings. The standard InChI is InChI=1S/C46H68N6O10/c1-9-10-13-32-15-17-33(18-16-32)34-19-21-35(22-20-34)40(55)47-27-23-37(53)50-36(14-11-12-26-48-44(60)62-45(6,7)8)41(56)51-38(31(5)61-28-29(2)3)42(57)49-30(4)39(54)52-46(24-25-46)43(58)59/h15-22,29-31,36,38H,9-14,23-28H2,1-8H3,(H,47,55)(H,48,60)(H,49,57)(H,50,53)(H,51,56)(H,52,54)(H,58,59). The molecule has 0 aliphatic heterocycles. The first kappa shape index (κ1) is 50.8.